The first-order valence-corrected chi connectivity index (χ1v) is 6.52. The van der Waals surface area contributed by atoms with Gasteiger partial charge in [0.2, 0.25) is 0 Å². The molecular weight excluding hydrogens is 272 g/mol. The Hall–Kier alpha value is -2.50. The molecule has 21 heavy (non-hydrogen) atoms. The smallest absolute Gasteiger partial charge is 0.310 e. The van der Waals surface area contributed by atoms with Gasteiger partial charge in [-0.25, -0.2) is 0 Å². The molecule has 0 spiro atoms. The number of carbonyl (C=O) groups excluding carboxylic acids is 1. The van der Waals surface area contributed by atoms with Gasteiger partial charge in [0.15, 0.2) is 0 Å². The van der Waals surface area contributed by atoms with E-state index in [1.807, 2.05) is 12.1 Å². The summed E-state index contributed by atoms with van der Waals surface area (Å²) in [4.78, 5) is 26.1. The molecule has 6 nitrogen and oxygen atoms in total. The number of benzene rings is 1. The number of aromatic amines is 1. The first-order chi connectivity index (χ1) is 9.83. The number of nitrogens with one attached hydrogen (secondary N) is 2. The molecule has 0 radical (unpaired) electrons. The van der Waals surface area contributed by atoms with Gasteiger partial charge >= 0.3 is 5.97 Å². The van der Waals surface area contributed by atoms with Gasteiger partial charge in [0, 0.05) is 17.4 Å². The Morgan fingerprint density at radius 2 is 2.05 bits per heavy atom. The fraction of sp³-hybridized carbons (Fsp3) is 0.333. The van der Waals surface area contributed by atoms with Crippen LogP contribution in [0.3, 0.4) is 0 Å². The summed E-state index contributed by atoms with van der Waals surface area (Å²) < 4.78 is 5.13. The molecule has 0 saturated carbocycles. The largest absolute Gasteiger partial charge is 0.497 e. The van der Waals surface area contributed by atoms with E-state index in [2.05, 4.69) is 10.3 Å². The number of aliphatic carboxylic acids is 1. The molecule has 0 fully saturated rings. The second-order valence-electron chi connectivity index (χ2n) is 5.51. The van der Waals surface area contributed by atoms with E-state index in [-0.39, 0.29) is 12.5 Å². The number of aromatic nitrogens is 1. The third-order valence-electron chi connectivity index (χ3n) is 3.34. The van der Waals surface area contributed by atoms with E-state index in [0.717, 1.165) is 10.9 Å². The number of carboxylic acid groups (broad SMARTS) is 1. The highest BCUT2D eigenvalue weighted by Crippen LogP contribution is 2.21. The van der Waals surface area contributed by atoms with Gasteiger partial charge in [-0.3, -0.25) is 9.59 Å². The lowest BCUT2D eigenvalue weighted by Gasteiger charge is -2.19. The number of H-pyrrole nitrogens is 1. The van der Waals surface area contributed by atoms with E-state index in [0.29, 0.717) is 11.4 Å². The summed E-state index contributed by atoms with van der Waals surface area (Å²) in [6.45, 7) is 3.18. The Kier molecular flexibility index (Phi) is 3.88. The van der Waals surface area contributed by atoms with Crippen molar-refractivity contribution in [2.24, 2.45) is 5.41 Å². The van der Waals surface area contributed by atoms with Crippen LogP contribution in [0.5, 0.6) is 5.75 Å². The van der Waals surface area contributed by atoms with Crippen molar-refractivity contribution in [2.45, 2.75) is 13.8 Å². The lowest BCUT2D eigenvalue weighted by atomic mass is 9.94. The van der Waals surface area contributed by atoms with Crippen LogP contribution in [0.1, 0.15) is 24.3 Å². The summed E-state index contributed by atoms with van der Waals surface area (Å²) in [5.41, 5.74) is 0.197. The van der Waals surface area contributed by atoms with Crippen molar-refractivity contribution in [3.05, 3.63) is 30.0 Å². The molecule has 1 aromatic heterocycles. The van der Waals surface area contributed by atoms with Gasteiger partial charge in [-0.15, -0.1) is 0 Å². The molecule has 0 unspecified atom stereocenters. The predicted molar refractivity (Wildman–Crippen MR) is 78.6 cm³/mol. The van der Waals surface area contributed by atoms with E-state index in [9.17, 15) is 9.59 Å². The minimum atomic E-state index is -1.01. The zero-order valence-corrected chi connectivity index (χ0v) is 12.2. The van der Waals surface area contributed by atoms with Crippen molar-refractivity contribution in [3.63, 3.8) is 0 Å². The van der Waals surface area contributed by atoms with Crippen LogP contribution in [0.25, 0.3) is 10.9 Å². The molecule has 0 aliphatic carbocycles. The number of hydrogen-bond donors (Lipinski definition) is 3. The monoisotopic (exact) mass is 290 g/mol. The van der Waals surface area contributed by atoms with Crippen molar-refractivity contribution in [1.29, 1.82) is 0 Å². The molecule has 2 rings (SSSR count). The normalized spacial score (nSPS) is 11.4. The van der Waals surface area contributed by atoms with Gasteiger partial charge in [-0.05, 0) is 38.1 Å². The fourth-order valence-electron chi connectivity index (χ4n) is 1.83. The van der Waals surface area contributed by atoms with Gasteiger partial charge in [0.1, 0.15) is 11.4 Å². The molecule has 0 atom stereocenters. The Morgan fingerprint density at radius 1 is 1.33 bits per heavy atom. The standard InChI is InChI=1S/C15H18N2O4/c1-15(2,14(19)20)8-16-13(18)12-7-9-6-10(21-3)4-5-11(9)17-12/h4-7,17H,8H2,1-3H3,(H,16,18)(H,19,20). The molecule has 3 N–H and O–H groups in total. The molecule has 0 aliphatic heterocycles. The first-order valence-electron chi connectivity index (χ1n) is 6.52. The number of fused-ring (bicyclic) bond motifs is 1. The summed E-state index contributed by atoms with van der Waals surface area (Å²) in [5, 5.41) is 12.5. The van der Waals surface area contributed by atoms with Gasteiger partial charge in [-0.1, -0.05) is 0 Å². The fourth-order valence-corrected chi connectivity index (χ4v) is 1.83. The summed E-state index contributed by atoms with van der Waals surface area (Å²) in [6, 6.07) is 7.16. The molecule has 1 amide bonds. The summed E-state index contributed by atoms with van der Waals surface area (Å²) >= 11 is 0. The predicted octanol–water partition coefficient (Wildman–Crippen LogP) is 2.02. The molecule has 0 bridgehead atoms. The van der Waals surface area contributed by atoms with Gasteiger partial charge in [0.25, 0.3) is 5.91 Å². The van der Waals surface area contributed by atoms with Crippen LogP contribution in [0, 0.1) is 5.41 Å². The average Bonchev–Trinajstić information content (AvgIpc) is 2.87. The Morgan fingerprint density at radius 3 is 2.67 bits per heavy atom. The van der Waals surface area contributed by atoms with E-state index >= 15 is 0 Å². The molecule has 6 heteroatoms. The molecule has 1 aromatic carbocycles. The minimum absolute atomic E-state index is 0.0554. The number of carboxylic acids is 1. The molecule has 0 aliphatic rings. The van der Waals surface area contributed by atoms with Crippen LogP contribution in [0.4, 0.5) is 0 Å². The van der Waals surface area contributed by atoms with Crippen LogP contribution < -0.4 is 10.1 Å². The van der Waals surface area contributed by atoms with Crippen molar-refractivity contribution in [3.8, 4) is 5.75 Å². The van der Waals surface area contributed by atoms with Gasteiger partial charge in [-0.2, -0.15) is 0 Å². The molecule has 1 heterocycles. The van der Waals surface area contributed by atoms with E-state index in [1.54, 1.807) is 33.1 Å². The zero-order chi connectivity index (χ0) is 15.6. The highest BCUT2D eigenvalue weighted by molar-refractivity contribution is 5.98. The maximum Gasteiger partial charge on any atom is 0.310 e. The molecule has 0 saturated heterocycles. The highest BCUT2D eigenvalue weighted by Gasteiger charge is 2.27. The van der Waals surface area contributed by atoms with Crippen LogP contribution in [0.2, 0.25) is 0 Å². The number of ether oxygens (including phenoxy) is 1. The zero-order valence-electron chi connectivity index (χ0n) is 12.2. The van der Waals surface area contributed by atoms with E-state index in [4.69, 9.17) is 9.84 Å². The second kappa shape index (κ2) is 5.47. The quantitative estimate of drug-likeness (QED) is 0.785. The average molecular weight is 290 g/mol. The van der Waals surface area contributed by atoms with Gasteiger partial charge < -0.3 is 20.1 Å². The number of hydrogen-bond acceptors (Lipinski definition) is 3. The van der Waals surface area contributed by atoms with Crippen LogP contribution in [-0.2, 0) is 4.79 Å². The Labute approximate surface area is 122 Å². The lowest BCUT2D eigenvalue weighted by molar-refractivity contribution is -0.146. The third-order valence-corrected chi connectivity index (χ3v) is 3.34. The van der Waals surface area contributed by atoms with Crippen LogP contribution >= 0.6 is 0 Å². The number of methoxy groups -OCH3 is 1. The SMILES string of the molecule is COc1ccc2[nH]c(C(=O)NCC(C)(C)C(=O)O)cc2c1. The van der Waals surface area contributed by atoms with Crippen molar-refractivity contribution >= 4 is 22.8 Å². The number of carbonyl (C=O) groups is 2. The van der Waals surface area contributed by atoms with E-state index < -0.39 is 11.4 Å². The van der Waals surface area contributed by atoms with Gasteiger partial charge in [0.05, 0.1) is 12.5 Å². The second-order valence-corrected chi connectivity index (χ2v) is 5.51. The Bertz CT molecular complexity index is 688. The number of rotatable bonds is 5. The topological polar surface area (TPSA) is 91.4 Å². The third kappa shape index (κ3) is 3.16. The van der Waals surface area contributed by atoms with Crippen molar-refractivity contribution in [1.82, 2.24) is 10.3 Å². The van der Waals surface area contributed by atoms with E-state index in [1.165, 1.54) is 0 Å². The lowest BCUT2D eigenvalue weighted by Crippen LogP contribution is -2.39. The van der Waals surface area contributed by atoms with Crippen LogP contribution in [0.15, 0.2) is 24.3 Å². The summed E-state index contributed by atoms with van der Waals surface area (Å²) in [6.07, 6.45) is 0. The van der Waals surface area contributed by atoms with Crippen LogP contribution in [-0.4, -0.2) is 35.6 Å². The highest BCUT2D eigenvalue weighted by atomic mass is 16.5. The number of amides is 1. The maximum atomic E-state index is 12.1. The maximum absolute atomic E-state index is 12.1. The summed E-state index contributed by atoms with van der Waals surface area (Å²) in [7, 11) is 1.58. The Balaban J connectivity index is 2.14. The summed E-state index contributed by atoms with van der Waals surface area (Å²) in [5.74, 6) is -0.579. The minimum Gasteiger partial charge on any atom is -0.497 e. The first kappa shape index (κ1) is 14.9. The van der Waals surface area contributed by atoms with Crippen molar-refractivity contribution in [2.75, 3.05) is 13.7 Å². The van der Waals surface area contributed by atoms with Crippen molar-refractivity contribution < 1.29 is 19.4 Å². The molecular formula is C15H18N2O4. The molecule has 2 aromatic rings. The molecule has 112 valence electrons.